The van der Waals surface area contributed by atoms with Gasteiger partial charge in [0.25, 0.3) is 0 Å². The molecule has 5 heteroatoms. The molecule has 17 heavy (non-hydrogen) atoms. The van der Waals surface area contributed by atoms with Crippen molar-refractivity contribution in [3.05, 3.63) is 16.4 Å². The number of Topliss-reactive ketones (excluding diaryl/α,β-unsaturated/α-hetero) is 1. The molecular formula is C12H17ClN2O2. The van der Waals surface area contributed by atoms with Crippen molar-refractivity contribution in [2.45, 2.75) is 26.2 Å². The number of aryl methyl sites for hydroxylation is 2. The average Bonchev–Trinajstić information content (AvgIpc) is 2.57. The summed E-state index contributed by atoms with van der Waals surface area (Å²) in [5.74, 6) is 0.238. The molecule has 2 rings (SSSR count). The Morgan fingerprint density at radius 3 is 2.94 bits per heavy atom. The molecule has 1 aromatic rings. The van der Waals surface area contributed by atoms with Gasteiger partial charge in [-0.2, -0.15) is 5.10 Å². The third-order valence-electron chi connectivity index (χ3n) is 3.24. The summed E-state index contributed by atoms with van der Waals surface area (Å²) in [6.45, 7) is 3.21. The van der Waals surface area contributed by atoms with Gasteiger partial charge >= 0.3 is 0 Å². The number of carbonyl (C=O) groups excluding carboxylic acids is 1. The normalized spacial score (nSPS) is 20.5. The fourth-order valence-corrected chi connectivity index (χ4v) is 2.43. The monoisotopic (exact) mass is 256 g/mol. The van der Waals surface area contributed by atoms with E-state index >= 15 is 0 Å². The van der Waals surface area contributed by atoms with Crippen LogP contribution in [-0.4, -0.2) is 28.8 Å². The fourth-order valence-electron chi connectivity index (χ4n) is 2.19. The molecule has 94 valence electrons. The lowest BCUT2D eigenvalue weighted by atomic mass is 9.93. The molecule has 0 radical (unpaired) electrons. The Morgan fingerprint density at radius 2 is 2.41 bits per heavy atom. The van der Waals surface area contributed by atoms with Crippen molar-refractivity contribution in [1.29, 1.82) is 0 Å². The number of aromatic nitrogens is 2. The van der Waals surface area contributed by atoms with Gasteiger partial charge in [-0.25, -0.2) is 0 Å². The first-order valence-electron chi connectivity index (χ1n) is 5.88. The minimum absolute atomic E-state index is 0.0272. The summed E-state index contributed by atoms with van der Waals surface area (Å²) in [4.78, 5) is 12.1. The lowest BCUT2D eigenvalue weighted by Crippen LogP contribution is -2.26. The predicted molar refractivity (Wildman–Crippen MR) is 65.2 cm³/mol. The molecule has 1 aromatic heterocycles. The fraction of sp³-hybridized carbons (Fsp3) is 0.667. The van der Waals surface area contributed by atoms with Gasteiger partial charge in [-0.3, -0.25) is 9.48 Å². The Morgan fingerprint density at radius 1 is 1.65 bits per heavy atom. The van der Waals surface area contributed by atoms with E-state index in [9.17, 15) is 4.79 Å². The van der Waals surface area contributed by atoms with E-state index in [1.807, 2.05) is 6.92 Å². The highest BCUT2D eigenvalue weighted by molar-refractivity contribution is 6.30. The van der Waals surface area contributed by atoms with E-state index in [0.29, 0.717) is 18.2 Å². The number of nitrogens with zero attached hydrogens (tertiary/aromatic N) is 2. The molecule has 2 heterocycles. The van der Waals surface area contributed by atoms with E-state index in [0.717, 1.165) is 30.7 Å². The Hall–Kier alpha value is -0.870. The highest BCUT2D eigenvalue weighted by atomic mass is 35.5. The van der Waals surface area contributed by atoms with Crippen molar-refractivity contribution in [1.82, 2.24) is 9.78 Å². The van der Waals surface area contributed by atoms with Crippen LogP contribution >= 0.6 is 11.6 Å². The summed E-state index contributed by atoms with van der Waals surface area (Å²) in [6, 6.07) is 0. The summed E-state index contributed by atoms with van der Waals surface area (Å²) in [6.07, 6.45) is 2.26. The maximum atomic E-state index is 12.1. The Balaban J connectivity index is 2.07. The largest absolute Gasteiger partial charge is 0.381 e. The number of hydrogen-bond donors (Lipinski definition) is 0. The molecule has 0 aromatic carbocycles. The molecular weight excluding hydrogens is 240 g/mol. The average molecular weight is 257 g/mol. The highest BCUT2D eigenvalue weighted by Gasteiger charge is 2.24. The number of rotatable bonds is 3. The van der Waals surface area contributed by atoms with E-state index in [-0.39, 0.29) is 11.7 Å². The quantitative estimate of drug-likeness (QED) is 0.830. The van der Waals surface area contributed by atoms with Gasteiger partial charge in [0, 0.05) is 31.6 Å². The van der Waals surface area contributed by atoms with Crippen LogP contribution in [-0.2, 0) is 23.0 Å². The summed E-state index contributed by atoms with van der Waals surface area (Å²) in [7, 11) is 1.78. The standard InChI is InChI=1S/C12H17ClN2O2/c1-8-10(12(13)15(2)14-8)6-11(16)9-4-3-5-17-7-9/h9H,3-7H2,1-2H3. The number of hydrogen-bond acceptors (Lipinski definition) is 3. The summed E-state index contributed by atoms with van der Waals surface area (Å²) < 4.78 is 6.94. The van der Waals surface area contributed by atoms with Crippen molar-refractivity contribution in [3.8, 4) is 0 Å². The molecule has 1 saturated heterocycles. The molecule has 0 aliphatic carbocycles. The zero-order valence-electron chi connectivity index (χ0n) is 10.2. The van der Waals surface area contributed by atoms with Crippen molar-refractivity contribution in [3.63, 3.8) is 0 Å². The molecule has 0 saturated carbocycles. The SMILES string of the molecule is Cc1nn(C)c(Cl)c1CC(=O)C1CCCOC1. The van der Waals surface area contributed by atoms with Crippen LogP contribution in [0.2, 0.25) is 5.15 Å². The van der Waals surface area contributed by atoms with Crippen LogP contribution in [0.5, 0.6) is 0 Å². The van der Waals surface area contributed by atoms with Crippen LogP contribution in [0.4, 0.5) is 0 Å². The van der Waals surface area contributed by atoms with E-state index in [1.165, 1.54) is 0 Å². The third kappa shape index (κ3) is 2.69. The molecule has 0 amide bonds. The lowest BCUT2D eigenvalue weighted by Gasteiger charge is -2.20. The predicted octanol–water partition coefficient (Wildman–Crippen LogP) is 1.92. The third-order valence-corrected chi connectivity index (χ3v) is 3.71. The number of halogens is 1. The second-order valence-electron chi connectivity index (χ2n) is 4.54. The van der Waals surface area contributed by atoms with Crippen molar-refractivity contribution < 1.29 is 9.53 Å². The van der Waals surface area contributed by atoms with Crippen LogP contribution in [0.3, 0.4) is 0 Å². The summed E-state index contributed by atoms with van der Waals surface area (Å²) in [5, 5.41) is 4.77. The molecule has 1 atom stereocenters. The Labute approximate surface area is 106 Å². The summed E-state index contributed by atoms with van der Waals surface area (Å²) >= 11 is 6.11. The first kappa shape index (κ1) is 12.6. The maximum Gasteiger partial charge on any atom is 0.142 e. The van der Waals surface area contributed by atoms with Gasteiger partial charge in [0.15, 0.2) is 0 Å². The molecule has 1 unspecified atom stereocenters. The van der Waals surface area contributed by atoms with Gasteiger partial charge in [0.05, 0.1) is 12.3 Å². The zero-order valence-corrected chi connectivity index (χ0v) is 11.0. The van der Waals surface area contributed by atoms with Crippen LogP contribution < -0.4 is 0 Å². The van der Waals surface area contributed by atoms with Gasteiger partial charge in [-0.15, -0.1) is 0 Å². The summed E-state index contributed by atoms with van der Waals surface area (Å²) in [5.41, 5.74) is 1.69. The lowest BCUT2D eigenvalue weighted by molar-refractivity contribution is -0.126. The van der Waals surface area contributed by atoms with E-state index in [2.05, 4.69) is 5.10 Å². The van der Waals surface area contributed by atoms with Gasteiger partial charge in [0.2, 0.25) is 0 Å². The van der Waals surface area contributed by atoms with Crippen LogP contribution in [0.25, 0.3) is 0 Å². The Kier molecular flexibility index (Phi) is 3.84. The van der Waals surface area contributed by atoms with Crippen LogP contribution in [0.1, 0.15) is 24.1 Å². The maximum absolute atomic E-state index is 12.1. The van der Waals surface area contributed by atoms with E-state index in [1.54, 1.807) is 11.7 Å². The molecule has 0 bridgehead atoms. The van der Waals surface area contributed by atoms with Gasteiger partial charge in [0.1, 0.15) is 10.9 Å². The van der Waals surface area contributed by atoms with Gasteiger partial charge < -0.3 is 4.74 Å². The molecule has 1 fully saturated rings. The molecule has 1 aliphatic heterocycles. The van der Waals surface area contributed by atoms with Gasteiger partial charge in [-0.1, -0.05) is 11.6 Å². The van der Waals surface area contributed by atoms with E-state index in [4.69, 9.17) is 16.3 Å². The molecule has 0 N–H and O–H groups in total. The van der Waals surface area contributed by atoms with Crippen molar-refractivity contribution in [2.24, 2.45) is 13.0 Å². The van der Waals surface area contributed by atoms with E-state index < -0.39 is 0 Å². The number of ether oxygens (including phenoxy) is 1. The highest BCUT2D eigenvalue weighted by Crippen LogP contribution is 2.23. The second kappa shape index (κ2) is 5.19. The van der Waals surface area contributed by atoms with Crippen molar-refractivity contribution >= 4 is 17.4 Å². The van der Waals surface area contributed by atoms with Gasteiger partial charge in [-0.05, 0) is 19.8 Å². The molecule has 1 aliphatic rings. The van der Waals surface area contributed by atoms with Crippen molar-refractivity contribution in [2.75, 3.05) is 13.2 Å². The Bertz CT molecular complexity index is 422. The number of ketones is 1. The topological polar surface area (TPSA) is 44.1 Å². The zero-order chi connectivity index (χ0) is 12.4. The first-order chi connectivity index (χ1) is 8.09. The minimum Gasteiger partial charge on any atom is -0.381 e. The van der Waals surface area contributed by atoms with Crippen LogP contribution in [0, 0.1) is 12.8 Å². The molecule has 4 nitrogen and oxygen atoms in total. The number of carbonyl (C=O) groups is 1. The molecule has 0 spiro atoms. The minimum atomic E-state index is 0.0272. The van der Waals surface area contributed by atoms with Crippen LogP contribution in [0.15, 0.2) is 0 Å². The smallest absolute Gasteiger partial charge is 0.142 e. The first-order valence-corrected chi connectivity index (χ1v) is 6.26. The second-order valence-corrected chi connectivity index (χ2v) is 4.89.